The first kappa shape index (κ1) is 26.5. The second kappa shape index (κ2) is 12.5. The smallest absolute Gasteiger partial charge is 0.0659 e. The van der Waals surface area contributed by atoms with E-state index in [0.29, 0.717) is 0 Å². The molecule has 0 spiro atoms. The second-order valence-corrected chi connectivity index (χ2v) is 7.17. The third-order valence-corrected chi connectivity index (χ3v) is 4.76. The van der Waals surface area contributed by atoms with Crippen molar-refractivity contribution in [3.05, 3.63) is 108 Å². The third kappa shape index (κ3) is 6.88. The summed E-state index contributed by atoms with van der Waals surface area (Å²) in [5, 5.41) is 2.92. The zero-order valence-corrected chi connectivity index (χ0v) is 20.5. The molecule has 3 aromatic heterocycles. The van der Waals surface area contributed by atoms with E-state index in [1.54, 1.807) is 0 Å². The Morgan fingerprint density at radius 2 is 0.882 bits per heavy atom. The van der Waals surface area contributed by atoms with E-state index in [-0.39, 0.29) is 33.2 Å². The standard InChI is InChI=1S/C20H14N4.C6H7N.B.FH.Ir/c1-2-14-10-16-5-6-18(23-16)12-20-8-7-19(24-20)11-17-4-3-15(22-17)9-13(1)21-14;1-2-4-6-7-5-3-1;;;/h1-12,21-22H;1-7H;;1H;. The summed E-state index contributed by atoms with van der Waals surface area (Å²) in [7, 11) is 0. The molecule has 5 nitrogen and oxygen atoms in total. The molecule has 34 heavy (non-hydrogen) atoms. The first-order valence-electron chi connectivity index (χ1n) is 10.1. The van der Waals surface area contributed by atoms with Crippen molar-refractivity contribution in [2.75, 3.05) is 0 Å². The van der Waals surface area contributed by atoms with Crippen LogP contribution in [0, 0.1) is 0 Å². The van der Waals surface area contributed by atoms with Gasteiger partial charge in [-0.2, -0.15) is 0 Å². The van der Waals surface area contributed by atoms with E-state index in [4.69, 9.17) is 0 Å². The zero-order valence-electron chi connectivity index (χ0n) is 18.1. The predicted octanol–water partition coefficient (Wildman–Crippen LogP) is 5.60. The Morgan fingerprint density at radius 1 is 0.500 bits per heavy atom. The Labute approximate surface area is 212 Å². The Morgan fingerprint density at radius 3 is 1.32 bits per heavy atom. The van der Waals surface area contributed by atoms with Crippen molar-refractivity contribution in [1.82, 2.24) is 25.3 Å². The van der Waals surface area contributed by atoms with Gasteiger partial charge in [0.15, 0.2) is 0 Å². The Kier molecular flexibility index (Phi) is 9.74. The summed E-state index contributed by atoms with van der Waals surface area (Å²) in [6.07, 6.45) is 19.6. The van der Waals surface area contributed by atoms with Crippen molar-refractivity contribution in [1.29, 1.82) is 0 Å². The number of aromatic nitrogens is 4. The van der Waals surface area contributed by atoms with Crippen molar-refractivity contribution < 1.29 is 24.8 Å². The van der Waals surface area contributed by atoms with E-state index in [1.165, 1.54) is 0 Å². The van der Waals surface area contributed by atoms with Crippen LogP contribution >= 0.6 is 0 Å². The summed E-state index contributed by atoms with van der Waals surface area (Å²) < 4.78 is 0. The minimum Gasteiger partial charge on any atom is -0.368 e. The van der Waals surface area contributed by atoms with Gasteiger partial charge in [0.2, 0.25) is 0 Å². The molecule has 0 unspecified atom stereocenters. The van der Waals surface area contributed by atoms with Crippen molar-refractivity contribution in [2.24, 2.45) is 0 Å². The van der Waals surface area contributed by atoms with Crippen LogP contribution in [-0.4, -0.2) is 28.3 Å². The fourth-order valence-corrected chi connectivity index (χ4v) is 3.35. The van der Waals surface area contributed by atoms with Gasteiger partial charge in [-0.1, -0.05) is 12.2 Å². The number of hydrogen-bond acceptors (Lipinski definition) is 3. The molecule has 0 aliphatic carbocycles. The average molecular weight is 627 g/mol. The molecule has 8 heteroatoms. The predicted molar refractivity (Wildman–Crippen MR) is 138 cm³/mol. The van der Waals surface area contributed by atoms with Crippen LogP contribution in [0.4, 0.5) is 4.70 Å². The number of aromatic amines is 2. The number of fused-ring (bicyclic) bond motifs is 8. The first-order valence-corrected chi connectivity index (χ1v) is 10.1. The van der Waals surface area contributed by atoms with Crippen LogP contribution in [0.3, 0.4) is 0 Å². The molecule has 6 heterocycles. The topological polar surface area (TPSA) is 69.4 Å². The molecule has 0 amide bonds. The summed E-state index contributed by atoms with van der Waals surface area (Å²) in [5.41, 5.74) is 7.86. The molecule has 0 fully saturated rings. The summed E-state index contributed by atoms with van der Waals surface area (Å²) in [5.74, 6) is 0. The van der Waals surface area contributed by atoms with Gasteiger partial charge in [-0.15, -0.1) is 0 Å². The zero-order chi connectivity index (χ0) is 20.9. The van der Waals surface area contributed by atoms with Gasteiger partial charge in [-0.05, 0) is 85.0 Å². The number of hydrogen-bond donors (Lipinski definition) is 3. The van der Waals surface area contributed by atoms with Crippen LogP contribution < -0.4 is 5.32 Å². The molecule has 0 saturated carbocycles. The normalized spacial score (nSPS) is 12.2. The largest absolute Gasteiger partial charge is 0.368 e. The summed E-state index contributed by atoms with van der Waals surface area (Å²) >= 11 is 0. The molecule has 170 valence electrons. The molecular weight excluding hydrogens is 604 g/mol. The fraction of sp³-hybridized carbons (Fsp3) is 0. The number of allylic oxidation sites excluding steroid dienone is 4. The summed E-state index contributed by atoms with van der Waals surface area (Å²) in [6.45, 7) is 0. The van der Waals surface area contributed by atoms with Gasteiger partial charge < -0.3 is 15.3 Å². The molecule has 0 saturated heterocycles. The Hall–Kier alpha value is -3.74. The molecule has 0 aromatic carbocycles. The van der Waals surface area contributed by atoms with Crippen LogP contribution in [0.15, 0.2) is 85.2 Å². The number of rotatable bonds is 0. The molecule has 0 atom stereocenters. The third-order valence-electron chi connectivity index (χ3n) is 4.76. The monoisotopic (exact) mass is 627 g/mol. The quantitative estimate of drug-likeness (QED) is 0.196. The van der Waals surface area contributed by atoms with E-state index in [1.807, 2.05) is 79.2 Å². The second-order valence-electron chi connectivity index (χ2n) is 7.17. The van der Waals surface area contributed by atoms with Crippen molar-refractivity contribution in [3.63, 3.8) is 0 Å². The van der Waals surface area contributed by atoms with Gasteiger partial charge in [0.05, 0.1) is 22.8 Å². The van der Waals surface area contributed by atoms with Gasteiger partial charge in [0, 0.05) is 63.0 Å². The van der Waals surface area contributed by atoms with Crippen LogP contribution in [0.2, 0.25) is 0 Å². The van der Waals surface area contributed by atoms with Gasteiger partial charge in [0.25, 0.3) is 0 Å². The molecule has 4 radical (unpaired) electrons. The number of halogens is 1. The number of nitrogens with zero attached hydrogens (tertiary/aromatic N) is 2. The van der Waals surface area contributed by atoms with Gasteiger partial charge in [-0.25, -0.2) is 9.97 Å². The van der Waals surface area contributed by atoms with Crippen molar-refractivity contribution in [3.8, 4) is 0 Å². The molecule has 3 aliphatic rings. The van der Waals surface area contributed by atoms with Gasteiger partial charge in [-0.3, -0.25) is 4.70 Å². The SMILES string of the molecule is C1=CC=CNC=C1.C1=Cc2cc3ccc(cc4ccc(cc5nc(cc1n2)C=C5)[nH]4)[nH]3.F.[B].[Ir]. The van der Waals surface area contributed by atoms with E-state index >= 15 is 0 Å². The van der Waals surface area contributed by atoms with Crippen molar-refractivity contribution >= 4 is 54.8 Å². The van der Waals surface area contributed by atoms with Crippen LogP contribution in [-0.2, 0) is 20.1 Å². The minimum atomic E-state index is 0. The number of nitrogens with one attached hydrogen (secondary N) is 3. The van der Waals surface area contributed by atoms with E-state index in [2.05, 4.69) is 55.6 Å². The summed E-state index contributed by atoms with van der Waals surface area (Å²) in [6, 6.07) is 16.4. The Bertz CT molecular complexity index is 1330. The molecule has 6 rings (SSSR count). The fourth-order valence-electron chi connectivity index (χ4n) is 3.35. The maximum absolute atomic E-state index is 4.62. The van der Waals surface area contributed by atoms with Gasteiger partial charge >= 0.3 is 0 Å². The Balaban J connectivity index is 0.000000357. The average Bonchev–Trinajstić information content (AvgIpc) is 3.53. The van der Waals surface area contributed by atoms with Crippen LogP contribution in [0.25, 0.3) is 46.4 Å². The first-order chi connectivity index (χ1) is 15.3. The molecule has 3 aromatic rings. The molecule has 3 N–H and O–H groups in total. The minimum absolute atomic E-state index is 0. The molecule has 3 aliphatic heterocycles. The molecular formula is C26H22BFIrN5. The van der Waals surface area contributed by atoms with Crippen LogP contribution in [0.1, 0.15) is 22.8 Å². The maximum Gasteiger partial charge on any atom is 0.0659 e. The van der Waals surface area contributed by atoms with Gasteiger partial charge in [0.1, 0.15) is 0 Å². The van der Waals surface area contributed by atoms with E-state index in [0.717, 1.165) is 44.8 Å². The van der Waals surface area contributed by atoms with Crippen molar-refractivity contribution in [2.45, 2.75) is 0 Å². The molecule has 8 bridgehead atoms. The van der Waals surface area contributed by atoms with E-state index in [9.17, 15) is 0 Å². The van der Waals surface area contributed by atoms with E-state index < -0.39 is 0 Å². The van der Waals surface area contributed by atoms with Crippen LogP contribution in [0.5, 0.6) is 0 Å². The maximum atomic E-state index is 4.62. The number of H-pyrrole nitrogens is 2. The summed E-state index contributed by atoms with van der Waals surface area (Å²) in [4.78, 5) is 16.0.